The van der Waals surface area contributed by atoms with Crippen LogP contribution in [0.2, 0.25) is 0 Å². The van der Waals surface area contributed by atoms with E-state index in [2.05, 4.69) is 10.2 Å². The smallest absolute Gasteiger partial charge is 0.241 e. The minimum atomic E-state index is -0.0121. The van der Waals surface area contributed by atoms with Crippen LogP contribution in [0.25, 0.3) is 0 Å². The molecule has 0 N–H and O–H groups in total. The second-order valence-electron chi connectivity index (χ2n) is 3.61. The van der Waals surface area contributed by atoms with E-state index in [0.717, 1.165) is 0 Å². The Morgan fingerprint density at radius 1 is 1.38 bits per heavy atom. The zero-order valence-electron chi connectivity index (χ0n) is 9.54. The van der Waals surface area contributed by atoms with Crippen molar-refractivity contribution in [3.05, 3.63) is 23.2 Å². The monoisotopic (exact) mass is 222 g/mol. The van der Waals surface area contributed by atoms with E-state index in [1.807, 2.05) is 0 Å². The lowest BCUT2D eigenvalue weighted by molar-refractivity contribution is -0.127. The van der Waals surface area contributed by atoms with Crippen LogP contribution >= 0.6 is 0 Å². The maximum Gasteiger partial charge on any atom is 0.241 e. The van der Waals surface area contributed by atoms with Crippen LogP contribution in [0.1, 0.15) is 0 Å². The third-order valence-electron chi connectivity index (χ3n) is 2.10. The molecule has 0 bridgehead atoms. The summed E-state index contributed by atoms with van der Waals surface area (Å²) >= 11 is 0. The van der Waals surface area contributed by atoms with E-state index in [0.29, 0.717) is 5.82 Å². The number of nitroso groups, excluding NO2 is 1. The Bertz CT molecular complexity index is 375. The van der Waals surface area contributed by atoms with Crippen molar-refractivity contribution in [2.75, 3.05) is 32.6 Å². The van der Waals surface area contributed by atoms with Gasteiger partial charge in [-0.25, -0.2) is 4.98 Å². The van der Waals surface area contributed by atoms with Gasteiger partial charge in [-0.3, -0.25) is 4.79 Å². The molecular weight excluding hydrogens is 208 g/mol. The molecule has 1 aromatic heterocycles. The van der Waals surface area contributed by atoms with Crippen molar-refractivity contribution < 1.29 is 4.79 Å². The largest absolute Gasteiger partial charge is 0.350 e. The number of likely N-dealkylation sites (N-methyl/N-ethyl adjacent to an activating group) is 2. The Labute approximate surface area is 93.9 Å². The van der Waals surface area contributed by atoms with Crippen molar-refractivity contribution in [1.82, 2.24) is 9.88 Å². The van der Waals surface area contributed by atoms with Gasteiger partial charge in [-0.1, -0.05) is 0 Å². The number of aromatic nitrogens is 1. The fourth-order valence-corrected chi connectivity index (χ4v) is 1.08. The van der Waals surface area contributed by atoms with Gasteiger partial charge in [0.25, 0.3) is 0 Å². The Morgan fingerprint density at radius 3 is 2.50 bits per heavy atom. The third kappa shape index (κ3) is 3.01. The number of hydrogen-bond acceptors (Lipinski definition) is 5. The summed E-state index contributed by atoms with van der Waals surface area (Å²) in [6.07, 6.45) is 1.37. The maximum atomic E-state index is 11.4. The average molecular weight is 222 g/mol. The molecule has 0 aliphatic carbocycles. The minimum Gasteiger partial charge on any atom is -0.350 e. The van der Waals surface area contributed by atoms with E-state index in [9.17, 15) is 9.70 Å². The van der Waals surface area contributed by atoms with Gasteiger partial charge in [-0.2, -0.15) is 0 Å². The molecule has 0 radical (unpaired) electrons. The maximum absolute atomic E-state index is 11.4. The van der Waals surface area contributed by atoms with Gasteiger partial charge in [-0.05, 0) is 17.3 Å². The molecule has 1 rings (SSSR count). The van der Waals surface area contributed by atoms with Crippen LogP contribution in [0.15, 0.2) is 23.5 Å². The van der Waals surface area contributed by atoms with E-state index in [4.69, 9.17) is 0 Å². The Morgan fingerprint density at radius 2 is 2.06 bits per heavy atom. The quantitative estimate of drug-likeness (QED) is 0.713. The van der Waals surface area contributed by atoms with Gasteiger partial charge in [0.05, 0.1) is 12.7 Å². The van der Waals surface area contributed by atoms with Crippen LogP contribution in [0.4, 0.5) is 11.5 Å². The standard InChI is InChI=1S/C10H14N4O2/c1-13(2)10(15)7-14(3)9-5-4-8(12-16)6-11-9/h4-6H,7H2,1-3H3. The number of rotatable bonds is 4. The van der Waals surface area contributed by atoms with E-state index in [-0.39, 0.29) is 18.1 Å². The number of carbonyl (C=O) groups excluding carboxylic acids is 1. The highest BCUT2D eigenvalue weighted by atomic mass is 16.3. The predicted octanol–water partition coefficient (Wildman–Crippen LogP) is 1.00. The third-order valence-corrected chi connectivity index (χ3v) is 2.10. The summed E-state index contributed by atoms with van der Waals surface area (Å²) in [5, 5.41) is 2.75. The summed E-state index contributed by atoms with van der Waals surface area (Å²) < 4.78 is 0. The molecule has 0 saturated heterocycles. The molecule has 1 amide bonds. The predicted molar refractivity (Wildman–Crippen MR) is 61.7 cm³/mol. The van der Waals surface area contributed by atoms with Crippen molar-refractivity contribution in [2.24, 2.45) is 5.18 Å². The van der Waals surface area contributed by atoms with Crippen LogP contribution < -0.4 is 4.90 Å². The summed E-state index contributed by atoms with van der Waals surface area (Å²) in [4.78, 5) is 28.9. The molecule has 16 heavy (non-hydrogen) atoms. The van der Waals surface area contributed by atoms with Crippen molar-refractivity contribution in [1.29, 1.82) is 0 Å². The highest BCUT2D eigenvalue weighted by Crippen LogP contribution is 2.14. The molecule has 0 atom stereocenters. The van der Waals surface area contributed by atoms with Gasteiger partial charge in [0.1, 0.15) is 11.5 Å². The number of anilines is 1. The Kier molecular flexibility index (Phi) is 3.93. The average Bonchev–Trinajstić information content (AvgIpc) is 2.28. The number of carbonyl (C=O) groups is 1. The molecule has 0 aliphatic rings. The zero-order chi connectivity index (χ0) is 12.1. The summed E-state index contributed by atoms with van der Waals surface area (Å²) in [7, 11) is 5.16. The molecule has 0 aromatic carbocycles. The first kappa shape index (κ1) is 12.1. The van der Waals surface area contributed by atoms with Gasteiger partial charge in [-0.15, -0.1) is 4.91 Å². The summed E-state index contributed by atoms with van der Waals surface area (Å²) in [6.45, 7) is 0.244. The topological polar surface area (TPSA) is 65.9 Å². The Hall–Kier alpha value is -1.98. The van der Waals surface area contributed by atoms with Crippen molar-refractivity contribution in [3.8, 4) is 0 Å². The molecule has 86 valence electrons. The molecule has 0 aliphatic heterocycles. The van der Waals surface area contributed by atoms with E-state index in [1.165, 1.54) is 11.1 Å². The lowest BCUT2D eigenvalue weighted by atomic mass is 10.4. The fourth-order valence-electron chi connectivity index (χ4n) is 1.08. The molecule has 0 unspecified atom stereocenters. The van der Waals surface area contributed by atoms with Crippen LogP contribution in [0.3, 0.4) is 0 Å². The van der Waals surface area contributed by atoms with Gasteiger partial charge in [0, 0.05) is 21.1 Å². The lowest BCUT2D eigenvalue weighted by Gasteiger charge is -2.19. The normalized spacial score (nSPS) is 9.69. The van der Waals surface area contributed by atoms with Crippen LogP contribution in [-0.2, 0) is 4.79 Å². The summed E-state index contributed by atoms with van der Waals surface area (Å²) in [5.74, 6) is 0.615. The van der Waals surface area contributed by atoms with Gasteiger partial charge in [0.2, 0.25) is 5.91 Å². The molecule has 1 aromatic rings. The molecule has 6 nitrogen and oxygen atoms in total. The van der Waals surface area contributed by atoms with Crippen molar-refractivity contribution in [2.45, 2.75) is 0 Å². The first-order valence-electron chi connectivity index (χ1n) is 4.75. The van der Waals surface area contributed by atoms with E-state index >= 15 is 0 Å². The first-order valence-corrected chi connectivity index (χ1v) is 4.75. The van der Waals surface area contributed by atoms with Crippen LogP contribution in [0.5, 0.6) is 0 Å². The number of amides is 1. The highest BCUT2D eigenvalue weighted by molar-refractivity contribution is 5.80. The molecule has 1 heterocycles. The molecule has 0 spiro atoms. The van der Waals surface area contributed by atoms with Gasteiger partial charge < -0.3 is 9.80 Å². The number of nitrogens with zero attached hydrogens (tertiary/aromatic N) is 4. The summed E-state index contributed by atoms with van der Waals surface area (Å²) in [5.41, 5.74) is 0.274. The van der Waals surface area contributed by atoms with E-state index < -0.39 is 0 Å². The molecule has 0 saturated carbocycles. The minimum absolute atomic E-state index is 0.0121. The van der Waals surface area contributed by atoms with Crippen molar-refractivity contribution in [3.63, 3.8) is 0 Å². The molecular formula is C10H14N4O2. The number of hydrogen-bond donors (Lipinski definition) is 0. The van der Waals surface area contributed by atoms with Crippen molar-refractivity contribution >= 4 is 17.4 Å². The van der Waals surface area contributed by atoms with Crippen LogP contribution in [0, 0.1) is 4.91 Å². The molecule has 0 fully saturated rings. The first-order chi connectivity index (χ1) is 7.54. The number of pyridine rings is 1. The van der Waals surface area contributed by atoms with Gasteiger partial charge in [0.15, 0.2) is 0 Å². The fraction of sp³-hybridized carbons (Fsp3) is 0.400. The zero-order valence-corrected chi connectivity index (χ0v) is 9.54. The highest BCUT2D eigenvalue weighted by Gasteiger charge is 2.09. The van der Waals surface area contributed by atoms with Gasteiger partial charge >= 0.3 is 0 Å². The summed E-state index contributed by atoms with van der Waals surface area (Å²) in [6, 6.07) is 3.21. The SMILES string of the molecule is CN(C)C(=O)CN(C)c1ccc(N=O)cn1. The lowest BCUT2D eigenvalue weighted by Crippen LogP contribution is -2.34. The Balaban J connectivity index is 2.69. The van der Waals surface area contributed by atoms with Crippen LogP contribution in [-0.4, -0.2) is 43.5 Å². The molecule has 6 heteroatoms. The second-order valence-corrected chi connectivity index (χ2v) is 3.61. The van der Waals surface area contributed by atoms with E-state index in [1.54, 1.807) is 38.2 Å². The second kappa shape index (κ2) is 5.20.